The second kappa shape index (κ2) is 6.61. The topological polar surface area (TPSA) is 77.1 Å². The molecule has 1 aliphatic carbocycles. The van der Waals surface area contributed by atoms with Crippen LogP contribution in [0.25, 0.3) is 10.9 Å². The SMILES string of the molecule is Cc1ccc2c(ccn2CC(=O)Nc2sc3c(c2C(N)=O)CCCC3)c1. The molecule has 0 aliphatic heterocycles. The number of aryl methyl sites for hydroxylation is 2. The Morgan fingerprint density at radius 1 is 1.23 bits per heavy atom. The molecular formula is C20H21N3O2S. The van der Waals surface area contributed by atoms with Crippen molar-refractivity contribution in [3.8, 4) is 0 Å². The van der Waals surface area contributed by atoms with Gasteiger partial charge in [0.15, 0.2) is 0 Å². The van der Waals surface area contributed by atoms with Crippen LogP contribution >= 0.6 is 11.3 Å². The van der Waals surface area contributed by atoms with Crippen LogP contribution in [0.15, 0.2) is 30.5 Å². The molecular weight excluding hydrogens is 346 g/mol. The van der Waals surface area contributed by atoms with E-state index < -0.39 is 5.91 Å². The number of hydrogen-bond acceptors (Lipinski definition) is 3. The van der Waals surface area contributed by atoms with Crippen LogP contribution in [0.2, 0.25) is 0 Å². The van der Waals surface area contributed by atoms with Crippen molar-refractivity contribution < 1.29 is 9.59 Å². The molecule has 6 heteroatoms. The Labute approximate surface area is 155 Å². The highest BCUT2D eigenvalue weighted by Crippen LogP contribution is 2.37. The quantitative estimate of drug-likeness (QED) is 0.739. The zero-order chi connectivity index (χ0) is 18.3. The number of thiophene rings is 1. The van der Waals surface area contributed by atoms with Gasteiger partial charge in [-0.15, -0.1) is 11.3 Å². The first-order valence-corrected chi connectivity index (χ1v) is 9.64. The number of anilines is 1. The van der Waals surface area contributed by atoms with E-state index in [0.29, 0.717) is 10.6 Å². The van der Waals surface area contributed by atoms with Crippen molar-refractivity contribution in [1.82, 2.24) is 4.57 Å². The average molecular weight is 367 g/mol. The molecule has 0 bridgehead atoms. The molecule has 2 heterocycles. The van der Waals surface area contributed by atoms with E-state index in [-0.39, 0.29) is 12.5 Å². The summed E-state index contributed by atoms with van der Waals surface area (Å²) in [4.78, 5) is 25.7. The third-order valence-corrected chi connectivity index (χ3v) is 6.12. The minimum atomic E-state index is -0.457. The number of aromatic nitrogens is 1. The molecule has 1 aliphatic rings. The summed E-state index contributed by atoms with van der Waals surface area (Å²) < 4.78 is 1.92. The number of nitrogens with two attached hydrogens (primary N) is 1. The van der Waals surface area contributed by atoms with Gasteiger partial charge in [0.2, 0.25) is 5.91 Å². The van der Waals surface area contributed by atoms with Crippen LogP contribution in [-0.4, -0.2) is 16.4 Å². The van der Waals surface area contributed by atoms with Crippen LogP contribution in [0.3, 0.4) is 0 Å². The van der Waals surface area contributed by atoms with Crippen molar-refractivity contribution in [3.63, 3.8) is 0 Å². The monoisotopic (exact) mass is 367 g/mol. The lowest BCUT2D eigenvalue weighted by Gasteiger charge is -2.11. The zero-order valence-corrected chi connectivity index (χ0v) is 15.5. The number of amides is 2. The van der Waals surface area contributed by atoms with Crippen LogP contribution in [0.5, 0.6) is 0 Å². The van der Waals surface area contributed by atoms with E-state index in [0.717, 1.165) is 42.1 Å². The van der Waals surface area contributed by atoms with Crippen LogP contribution in [0, 0.1) is 6.92 Å². The lowest BCUT2D eigenvalue weighted by atomic mass is 9.95. The van der Waals surface area contributed by atoms with E-state index in [1.165, 1.54) is 21.8 Å². The van der Waals surface area contributed by atoms with Gasteiger partial charge in [-0.2, -0.15) is 0 Å². The van der Waals surface area contributed by atoms with Crippen molar-refractivity contribution in [1.29, 1.82) is 0 Å². The Hall–Kier alpha value is -2.60. The summed E-state index contributed by atoms with van der Waals surface area (Å²) in [5, 5.41) is 4.63. The zero-order valence-electron chi connectivity index (χ0n) is 14.7. The Bertz CT molecular complexity index is 1020. The third kappa shape index (κ3) is 3.01. The van der Waals surface area contributed by atoms with Gasteiger partial charge in [-0.25, -0.2) is 0 Å². The normalized spacial score (nSPS) is 13.6. The molecule has 3 N–H and O–H groups in total. The molecule has 0 spiro atoms. The molecule has 2 amide bonds. The minimum absolute atomic E-state index is 0.149. The second-order valence-corrected chi connectivity index (χ2v) is 7.94. The summed E-state index contributed by atoms with van der Waals surface area (Å²) in [6.45, 7) is 2.25. The fourth-order valence-electron chi connectivity index (χ4n) is 3.69. The van der Waals surface area contributed by atoms with E-state index in [9.17, 15) is 9.59 Å². The summed E-state index contributed by atoms with van der Waals surface area (Å²) in [5.74, 6) is -0.606. The molecule has 5 nitrogen and oxygen atoms in total. The maximum Gasteiger partial charge on any atom is 0.251 e. The highest BCUT2D eigenvalue weighted by molar-refractivity contribution is 7.17. The summed E-state index contributed by atoms with van der Waals surface area (Å²) in [6.07, 6.45) is 5.91. The van der Waals surface area contributed by atoms with Crippen LogP contribution in [0.1, 0.15) is 39.2 Å². The second-order valence-electron chi connectivity index (χ2n) is 6.83. The van der Waals surface area contributed by atoms with Crippen LogP contribution < -0.4 is 11.1 Å². The summed E-state index contributed by atoms with van der Waals surface area (Å²) >= 11 is 1.49. The third-order valence-electron chi connectivity index (χ3n) is 4.91. The van der Waals surface area contributed by atoms with Crippen molar-refractivity contribution in [2.45, 2.75) is 39.2 Å². The van der Waals surface area contributed by atoms with Crippen molar-refractivity contribution in [3.05, 3.63) is 52.0 Å². The maximum absolute atomic E-state index is 12.6. The lowest BCUT2D eigenvalue weighted by Crippen LogP contribution is -2.21. The van der Waals surface area contributed by atoms with Gasteiger partial charge in [0, 0.05) is 16.6 Å². The number of hydrogen-bond donors (Lipinski definition) is 2. The average Bonchev–Trinajstić information content (AvgIpc) is 3.15. The van der Waals surface area contributed by atoms with Gasteiger partial charge >= 0.3 is 0 Å². The largest absolute Gasteiger partial charge is 0.365 e. The summed E-state index contributed by atoms with van der Waals surface area (Å²) in [5.41, 5.74) is 9.34. The first kappa shape index (κ1) is 16.8. The molecule has 0 atom stereocenters. The molecule has 26 heavy (non-hydrogen) atoms. The number of rotatable bonds is 4. The van der Waals surface area contributed by atoms with Crippen molar-refractivity contribution in [2.75, 3.05) is 5.32 Å². The molecule has 0 saturated heterocycles. The number of fused-ring (bicyclic) bond motifs is 2. The maximum atomic E-state index is 12.6. The van der Waals surface area contributed by atoms with Crippen molar-refractivity contribution >= 4 is 39.1 Å². The molecule has 0 radical (unpaired) electrons. The fraction of sp³-hybridized carbons (Fsp3) is 0.300. The van der Waals surface area contributed by atoms with Gasteiger partial charge in [0.05, 0.1) is 5.56 Å². The number of carbonyl (C=O) groups excluding carboxylic acids is 2. The van der Waals surface area contributed by atoms with Gasteiger partial charge in [0.1, 0.15) is 11.5 Å². The van der Waals surface area contributed by atoms with Gasteiger partial charge < -0.3 is 15.6 Å². The Balaban J connectivity index is 1.58. The molecule has 0 saturated carbocycles. The van der Waals surface area contributed by atoms with E-state index in [4.69, 9.17) is 5.73 Å². The van der Waals surface area contributed by atoms with Gasteiger partial charge in [-0.05, 0) is 61.8 Å². The van der Waals surface area contributed by atoms with Gasteiger partial charge in [-0.3, -0.25) is 9.59 Å². The van der Waals surface area contributed by atoms with E-state index >= 15 is 0 Å². The molecule has 0 unspecified atom stereocenters. The van der Waals surface area contributed by atoms with E-state index in [2.05, 4.69) is 11.4 Å². The smallest absolute Gasteiger partial charge is 0.251 e. The lowest BCUT2D eigenvalue weighted by molar-refractivity contribution is -0.116. The number of primary amides is 1. The Morgan fingerprint density at radius 3 is 2.85 bits per heavy atom. The standard InChI is InChI=1S/C20H21N3O2S/c1-12-6-7-15-13(10-12)8-9-23(15)11-17(24)22-20-18(19(21)25)14-4-2-3-5-16(14)26-20/h6-10H,2-5,11H2,1H3,(H2,21,25)(H,22,24). The summed E-state index contributed by atoms with van der Waals surface area (Å²) in [7, 11) is 0. The highest BCUT2D eigenvalue weighted by Gasteiger charge is 2.25. The summed E-state index contributed by atoms with van der Waals surface area (Å²) in [6, 6.07) is 8.17. The predicted molar refractivity (Wildman–Crippen MR) is 105 cm³/mol. The predicted octanol–water partition coefficient (Wildman–Crippen LogP) is 3.63. The molecule has 2 aromatic heterocycles. The van der Waals surface area contributed by atoms with E-state index in [1.54, 1.807) is 0 Å². The molecule has 1 aromatic carbocycles. The first-order chi connectivity index (χ1) is 12.5. The van der Waals surface area contributed by atoms with Crippen LogP contribution in [0.4, 0.5) is 5.00 Å². The molecule has 4 rings (SSSR count). The van der Waals surface area contributed by atoms with Gasteiger partial charge in [0.25, 0.3) is 5.91 Å². The number of nitrogens with one attached hydrogen (secondary N) is 1. The fourth-order valence-corrected chi connectivity index (χ4v) is 5.00. The number of nitrogens with zero attached hydrogens (tertiary/aromatic N) is 1. The van der Waals surface area contributed by atoms with E-state index in [1.807, 2.05) is 35.9 Å². The van der Waals surface area contributed by atoms with Gasteiger partial charge in [-0.1, -0.05) is 11.6 Å². The first-order valence-electron chi connectivity index (χ1n) is 8.82. The Kier molecular flexibility index (Phi) is 4.28. The minimum Gasteiger partial charge on any atom is -0.365 e. The molecule has 3 aromatic rings. The number of carbonyl (C=O) groups is 2. The van der Waals surface area contributed by atoms with Crippen LogP contribution in [-0.2, 0) is 24.2 Å². The molecule has 0 fully saturated rings. The Morgan fingerprint density at radius 2 is 2.04 bits per heavy atom. The highest BCUT2D eigenvalue weighted by atomic mass is 32.1. The number of benzene rings is 1. The van der Waals surface area contributed by atoms with Crippen molar-refractivity contribution in [2.24, 2.45) is 5.73 Å². The molecule has 134 valence electrons.